The van der Waals surface area contributed by atoms with Crippen molar-refractivity contribution in [1.82, 2.24) is 24.5 Å². The van der Waals surface area contributed by atoms with Gasteiger partial charge in [0.2, 0.25) is 0 Å². The molecule has 2 aromatic heterocycles. The van der Waals surface area contributed by atoms with Gasteiger partial charge < -0.3 is 10.0 Å². The lowest BCUT2D eigenvalue weighted by molar-refractivity contribution is -0.0368. The van der Waals surface area contributed by atoms with Gasteiger partial charge in [-0.15, -0.1) is 0 Å². The predicted molar refractivity (Wildman–Crippen MR) is 124 cm³/mol. The lowest BCUT2D eigenvalue weighted by Gasteiger charge is -2.34. The maximum absolute atomic E-state index is 14.8. The molecule has 3 heterocycles. The number of nitrogens with zero attached hydrogens (tertiary/aromatic N) is 6. The van der Waals surface area contributed by atoms with Crippen LogP contribution in [0.3, 0.4) is 0 Å². The monoisotopic (exact) mass is 464 g/mol. The zero-order valence-corrected chi connectivity index (χ0v) is 18.9. The number of aromatic nitrogens is 5. The summed E-state index contributed by atoms with van der Waals surface area (Å²) in [6.07, 6.45) is 8.74. The third-order valence-electron chi connectivity index (χ3n) is 6.61. The van der Waals surface area contributed by atoms with Gasteiger partial charge in [-0.05, 0) is 43.5 Å². The van der Waals surface area contributed by atoms with E-state index >= 15 is 0 Å². The highest BCUT2D eigenvalue weighted by molar-refractivity contribution is 5.67. The summed E-state index contributed by atoms with van der Waals surface area (Å²) in [6, 6.07) is 10.8. The van der Waals surface area contributed by atoms with Gasteiger partial charge in [-0.3, -0.25) is 4.68 Å². The molecule has 5 rings (SSSR count). The molecule has 1 saturated heterocycles. The molecule has 0 amide bonds. The van der Waals surface area contributed by atoms with Crippen LogP contribution < -0.4 is 4.90 Å². The Morgan fingerprint density at radius 3 is 2.62 bits per heavy atom. The molecular weight excluding hydrogens is 438 g/mol. The number of anilines is 1. The van der Waals surface area contributed by atoms with Gasteiger partial charge in [0.15, 0.2) is 0 Å². The quantitative estimate of drug-likeness (QED) is 0.445. The fourth-order valence-corrected chi connectivity index (χ4v) is 4.62. The Morgan fingerprint density at radius 1 is 1.06 bits per heavy atom. The molecular formula is C25H26F2N6O. The van der Waals surface area contributed by atoms with E-state index < -0.39 is 23.3 Å². The molecule has 9 heteroatoms. The van der Waals surface area contributed by atoms with Crippen molar-refractivity contribution in [2.75, 3.05) is 18.0 Å². The molecule has 1 aliphatic rings. The third-order valence-corrected chi connectivity index (χ3v) is 6.61. The molecule has 7 nitrogen and oxygen atoms in total. The van der Waals surface area contributed by atoms with Gasteiger partial charge >= 0.3 is 0 Å². The molecule has 2 aromatic carbocycles. The average molecular weight is 465 g/mol. The first kappa shape index (κ1) is 22.2. The molecule has 1 fully saturated rings. The van der Waals surface area contributed by atoms with Gasteiger partial charge in [0.1, 0.15) is 29.9 Å². The van der Waals surface area contributed by atoms with Crippen LogP contribution >= 0.6 is 0 Å². The van der Waals surface area contributed by atoms with Crippen LogP contribution in [0.2, 0.25) is 0 Å². The number of hydrogen-bond acceptors (Lipinski definition) is 5. The first-order chi connectivity index (χ1) is 16.4. The summed E-state index contributed by atoms with van der Waals surface area (Å²) >= 11 is 0. The standard InChI is InChI=1S/C25H26F2N6O/c1-18(25(34,15-32-17-28-16-30-32)23-8-7-21(26)12-24(23)27)33-14-20(13-29-33)19-5-4-6-22(11-19)31-9-2-3-10-31/h4-8,11-14,16-18,34H,2-3,9-10,15H2,1H3/t18-,25-/m1/s1. The van der Waals surface area contributed by atoms with Crippen molar-refractivity contribution in [3.63, 3.8) is 0 Å². The van der Waals surface area contributed by atoms with Crippen LogP contribution in [0.5, 0.6) is 0 Å². The highest BCUT2D eigenvalue weighted by Crippen LogP contribution is 2.37. The summed E-state index contributed by atoms with van der Waals surface area (Å²) in [5.74, 6) is -1.54. The molecule has 1 aliphatic heterocycles. The minimum absolute atomic E-state index is 0.0371. The highest BCUT2D eigenvalue weighted by atomic mass is 19.1. The topological polar surface area (TPSA) is 72.0 Å². The molecule has 4 aromatic rings. The van der Waals surface area contributed by atoms with Crippen LogP contribution in [-0.4, -0.2) is 42.7 Å². The van der Waals surface area contributed by atoms with Crippen molar-refractivity contribution in [1.29, 1.82) is 0 Å². The van der Waals surface area contributed by atoms with Gasteiger partial charge in [-0.1, -0.05) is 18.2 Å². The van der Waals surface area contributed by atoms with Crippen molar-refractivity contribution in [2.24, 2.45) is 0 Å². The van der Waals surface area contributed by atoms with Crippen LogP contribution in [0.25, 0.3) is 11.1 Å². The summed E-state index contributed by atoms with van der Waals surface area (Å²) in [4.78, 5) is 6.28. The van der Waals surface area contributed by atoms with Crippen LogP contribution in [0, 0.1) is 11.6 Å². The van der Waals surface area contributed by atoms with E-state index in [-0.39, 0.29) is 12.1 Å². The third kappa shape index (κ3) is 4.19. The fraction of sp³-hybridized carbons (Fsp3) is 0.320. The normalized spacial score (nSPS) is 16.5. The smallest absolute Gasteiger partial charge is 0.137 e. The van der Waals surface area contributed by atoms with E-state index in [1.165, 1.54) is 41.9 Å². The van der Waals surface area contributed by atoms with Crippen LogP contribution in [0.1, 0.15) is 31.4 Å². The number of hydrogen-bond donors (Lipinski definition) is 1. The minimum atomic E-state index is -1.77. The van der Waals surface area contributed by atoms with E-state index in [0.29, 0.717) is 0 Å². The molecule has 0 saturated carbocycles. The predicted octanol–water partition coefficient (Wildman–Crippen LogP) is 4.17. The molecule has 0 radical (unpaired) electrons. The SMILES string of the molecule is C[C@@H](n1cc(-c2cccc(N3CCCC3)c2)cn1)[C@](O)(Cn1cncn1)c1ccc(F)cc1F. The van der Waals surface area contributed by atoms with E-state index in [4.69, 9.17) is 0 Å². The second kappa shape index (κ2) is 8.98. The largest absolute Gasteiger partial charge is 0.381 e. The Labute approximate surface area is 196 Å². The van der Waals surface area contributed by atoms with Crippen molar-refractivity contribution < 1.29 is 13.9 Å². The first-order valence-corrected chi connectivity index (χ1v) is 11.3. The van der Waals surface area contributed by atoms with E-state index in [2.05, 4.69) is 32.2 Å². The Morgan fingerprint density at radius 2 is 1.88 bits per heavy atom. The minimum Gasteiger partial charge on any atom is -0.381 e. The van der Waals surface area contributed by atoms with E-state index in [1.54, 1.807) is 17.8 Å². The molecule has 1 N–H and O–H groups in total. The van der Waals surface area contributed by atoms with Gasteiger partial charge in [0.25, 0.3) is 0 Å². The van der Waals surface area contributed by atoms with Crippen molar-refractivity contribution in [3.8, 4) is 11.1 Å². The molecule has 34 heavy (non-hydrogen) atoms. The zero-order chi connectivity index (χ0) is 23.7. The van der Waals surface area contributed by atoms with Crippen molar-refractivity contribution in [3.05, 3.63) is 84.7 Å². The van der Waals surface area contributed by atoms with Crippen LogP contribution in [0.4, 0.5) is 14.5 Å². The summed E-state index contributed by atoms with van der Waals surface area (Å²) < 4.78 is 31.5. The van der Waals surface area contributed by atoms with Gasteiger partial charge in [0, 0.05) is 42.2 Å². The summed E-state index contributed by atoms with van der Waals surface area (Å²) in [7, 11) is 0. The van der Waals surface area contributed by atoms with Crippen LogP contribution in [0.15, 0.2) is 67.5 Å². The zero-order valence-electron chi connectivity index (χ0n) is 18.9. The van der Waals surface area contributed by atoms with Crippen LogP contribution in [-0.2, 0) is 12.1 Å². The number of halogens is 2. The van der Waals surface area contributed by atoms with Gasteiger partial charge in [0.05, 0.1) is 18.8 Å². The average Bonchev–Trinajstić information content (AvgIpc) is 3.61. The van der Waals surface area contributed by atoms with Gasteiger partial charge in [-0.2, -0.15) is 10.2 Å². The number of rotatable bonds is 7. The molecule has 2 atom stereocenters. The fourth-order valence-electron chi connectivity index (χ4n) is 4.62. The van der Waals surface area contributed by atoms with E-state index in [9.17, 15) is 13.9 Å². The van der Waals surface area contributed by atoms with E-state index in [0.717, 1.165) is 36.3 Å². The Hall–Kier alpha value is -3.59. The lowest BCUT2D eigenvalue weighted by Crippen LogP contribution is -2.40. The second-order valence-corrected chi connectivity index (χ2v) is 8.77. The lowest BCUT2D eigenvalue weighted by atomic mass is 9.86. The van der Waals surface area contributed by atoms with Crippen molar-refractivity contribution >= 4 is 5.69 Å². The first-order valence-electron chi connectivity index (χ1n) is 11.3. The number of benzene rings is 2. The number of aliphatic hydroxyl groups is 1. The maximum Gasteiger partial charge on any atom is 0.137 e. The maximum atomic E-state index is 14.8. The molecule has 176 valence electrons. The van der Waals surface area contributed by atoms with Gasteiger partial charge in [-0.25, -0.2) is 18.4 Å². The summed E-state index contributed by atoms with van der Waals surface area (Å²) in [5.41, 5.74) is 1.26. The Bertz CT molecular complexity index is 1270. The van der Waals surface area contributed by atoms with E-state index in [1.807, 2.05) is 18.3 Å². The molecule has 0 unspecified atom stereocenters. The van der Waals surface area contributed by atoms with Crippen molar-refractivity contribution in [2.45, 2.75) is 38.0 Å². The summed E-state index contributed by atoms with van der Waals surface area (Å²) in [6.45, 7) is 3.77. The summed E-state index contributed by atoms with van der Waals surface area (Å²) in [5, 5.41) is 20.4. The molecule has 0 bridgehead atoms. The molecule has 0 spiro atoms. The Balaban J connectivity index is 1.49. The Kier molecular flexibility index (Phi) is 5.87. The second-order valence-electron chi connectivity index (χ2n) is 8.77. The highest BCUT2D eigenvalue weighted by Gasteiger charge is 2.40. The molecule has 0 aliphatic carbocycles.